The minimum absolute atomic E-state index is 0.0696. The highest BCUT2D eigenvalue weighted by Crippen LogP contribution is 2.29. The van der Waals surface area contributed by atoms with Gasteiger partial charge in [0.2, 0.25) is 23.5 Å². The standard InChI is InChI=1S/C38H60N5O8/c1-12-24(5)30(31(45)34(47)39-20-29(44)40-27(13-2)25-17-15-14-16-18-25)41-33(46)28-19-26(51-38(9,10)11)21-43(28)35(48)32(37(6,7)8)42-36(49)50-22-23(3)4/h13-18,23-24,26-28,30,32H,12,19-22H2,1-11H3,(H,39,47)(H,40,44)(H,41,46)(H,42,49)/t24-,26-,27-,28+,30?,32-/m1/s1. The number of alkyl carbamates (subject to hydrolysis) is 1. The smallest absolute Gasteiger partial charge is 0.407 e. The predicted molar refractivity (Wildman–Crippen MR) is 194 cm³/mol. The molecule has 2 rings (SSSR count). The van der Waals surface area contributed by atoms with Crippen LogP contribution >= 0.6 is 0 Å². The summed E-state index contributed by atoms with van der Waals surface area (Å²) in [5.74, 6) is -3.92. The first kappa shape index (κ1) is 43.2. The minimum atomic E-state index is -1.23. The number of ketones is 1. The first-order chi connectivity index (χ1) is 23.7. The van der Waals surface area contributed by atoms with E-state index in [-0.39, 0.29) is 31.5 Å². The molecule has 1 aromatic rings. The Balaban J connectivity index is 2.26. The van der Waals surface area contributed by atoms with E-state index < -0.39 is 83.2 Å². The number of amides is 5. The molecule has 1 saturated heterocycles. The summed E-state index contributed by atoms with van der Waals surface area (Å²) in [6.45, 7) is 19.9. The molecule has 5 amide bonds. The van der Waals surface area contributed by atoms with Gasteiger partial charge in [0.25, 0.3) is 5.91 Å². The number of Topliss-reactive ketones (excluding diaryl/α,β-unsaturated/α-hetero) is 1. The van der Waals surface area contributed by atoms with E-state index in [1.54, 1.807) is 41.0 Å². The van der Waals surface area contributed by atoms with Crippen molar-refractivity contribution >= 4 is 35.5 Å². The fraction of sp³-hybridized carbons (Fsp3) is 0.658. The fourth-order valence-electron chi connectivity index (χ4n) is 5.68. The molecule has 1 unspecified atom stereocenters. The lowest BCUT2D eigenvalue weighted by molar-refractivity contribution is -0.144. The molecule has 0 saturated carbocycles. The first-order valence-corrected chi connectivity index (χ1v) is 17.9. The Labute approximate surface area is 303 Å². The molecule has 6 atom stereocenters. The van der Waals surface area contributed by atoms with Gasteiger partial charge in [-0.25, -0.2) is 4.79 Å². The molecule has 1 fully saturated rings. The molecule has 1 aromatic carbocycles. The molecule has 0 spiro atoms. The largest absolute Gasteiger partial charge is 0.449 e. The van der Waals surface area contributed by atoms with Gasteiger partial charge in [0.05, 0.1) is 36.9 Å². The van der Waals surface area contributed by atoms with E-state index in [4.69, 9.17) is 9.47 Å². The van der Waals surface area contributed by atoms with Gasteiger partial charge in [0.15, 0.2) is 0 Å². The van der Waals surface area contributed by atoms with Crippen LogP contribution in [-0.4, -0.2) is 89.9 Å². The summed E-state index contributed by atoms with van der Waals surface area (Å²) in [6.07, 6.45) is 1.13. The number of likely N-dealkylation sites (tertiary alicyclic amines) is 1. The summed E-state index contributed by atoms with van der Waals surface area (Å²) in [7, 11) is 0. The number of benzene rings is 1. The average molecular weight is 715 g/mol. The van der Waals surface area contributed by atoms with Gasteiger partial charge in [-0.3, -0.25) is 24.0 Å². The van der Waals surface area contributed by atoms with Crippen LogP contribution in [-0.2, 0) is 33.4 Å². The molecule has 0 bridgehead atoms. The number of carbonyl (C=O) groups excluding carboxylic acids is 6. The zero-order chi connectivity index (χ0) is 38.7. The molecule has 0 aliphatic carbocycles. The number of hydrogen-bond acceptors (Lipinski definition) is 8. The predicted octanol–water partition coefficient (Wildman–Crippen LogP) is 3.87. The highest BCUT2D eigenvalue weighted by atomic mass is 16.5. The number of carbonyl (C=O) groups is 6. The summed E-state index contributed by atoms with van der Waals surface area (Å²) in [4.78, 5) is 81.6. The van der Waals surface area contributed by atoms with Crippen LogP contribution in [0.25, 0.3) is 0 Å². The highest BCUT2D eigenvalue weighted by Gasteiger charge is 2.47. The average Bonchev–Trinajstić information content (AvgIpc) is 3.47. The number of nitrogens with one attached hydrogen (secondary N) is 4. The van der Waals surface area contributed by atoms with Crippen LogP contribution in [0.2, 0.25) is 0 Å². The van der Waals surface area contributed by atoms with Crippen LogP contribution < -0.4 is 21.3 Å². The zero-order valence-electron chi connectivity index (χ0n) is 32.3. The monoisotopic (exact) mass is 714 g/mol. The van der Waals surface area contributed by atoms with Gasteiger partial charge >= 0.3 is 6.09 Å². The summed E-state index contributed by atoms with van der Waals surface area (Å²) in [5, 5.41) is 10.6. The molecule has 285 valence electrons. The lowest BCUT2D eigenvalue weighted by atomic mass is 9.85. The van der Waals surface area contributed by atoms with Crippen molar-refractivity contribution in [3.63, 3.8) is 0 Å². The molecule has 1 heterocycles. The maximum atomic E-state index is 14.2. The molecule has 1 aliphatic rings. The lowest BCUT2D eigenvalue weighted by Gasteiger charge is -2.35. The van der Waals surface area contributed by atoms with Gasteiger partial charge in [-0.2, -0.15) is 0 Å². The van der Waals surface area contributed by atoms with Gasteiger partial charge in [-0.15, -0.1) is 0 Å². The van der Waals surface area contributed by atoms with Crippen LogP contribution in [0.4, 0.5) is 4.79 Å². The fourth-order valence-corrected chi connectivity index (χ4v) is 5.68. The molecule has 13 nitrogen and oxygen atoms in total. The van der Waals surface area contributed by atoms with E-state index in [0.29, 0.717) is 6.42 Å². The maximum Gasteiger partial charge on any atom is 0.407 e. The second-order valence-corrected chi connectivity index (χ2v) is 15.7. The third-order valence-corrected chi connectivity index (χ3v) is 8.53. The summed E-state index contributed by atoms with van der Waals surface area (Å²) >= 11 is 0. The zero-order valence-corrected chi connectivity index (χ0v) is 32.3. The summed E-state index contributed by atoms with van der Waals surface area (Å²) in [5.41, 5.74) is -0.475. The quantitative estimate of drug-likeness (QED) is 0.187. The van der Waals surface area contributed by atoms with E-state index in [0.717, 1.165) is 5.56 Å². The van der Waals surface area contributed by atoms with Crippen molar-refractivity contribution in [2.45, 2.75) is 125 Å². The Bertz CT molecular complexity index is 1350. The van der Waals surface area contributed by atoms with Gasteiger partial charge in [0.1, 0.15) is 12.1 Å². The normalized spacial score (nSPS) is 18.6. The minimum Gasteiger partial charge on any atom is -0.449 e. The third-order valence-electron chi connectivity index (χ3n) is 8.53. The van der Waals surface area contributed by atoms with Crippen LogP contribution in [0.3, 0.4) is 0 Å². The number of nitrogens with zero attached hydrogens (tertiary/aromatic N) is 1. The second-order valence-electron chi connectivity index (χ2n) is 15.7. The lowest BCUT2D eigenvalue weighted by Crippen LogP contribution is -2.59. The van der Waals surface area contributed by atoms with Crippen LogP contribution in [0.5, 0.6) is 0 Å². The molecule has 13 heteroatoms. The third kappa shape index (κ3) is 13.6. The van der Waals surface area contributed by atoms with E-state index in [9.17, 15) is 28.8 Å². The van der Waals surface area contributed by atoms with E-state index in [1.807, 2.05) is 71.9 Å². The van der Waals surface area contributed by atoms with Crippen molar-refractivity contribution in [2.75, 3.05) is 19.7 Å². The van der Waals surface area contributed by atoms with Gasteiger partial charge < -0.3 is 35.6 Å². The van der Waals surface area contributed by atoms with Crippen molar-refractivity contribution in [1.82, 2.24) is 26.2 Å². The Morgan fingerprint density at radius 3 is 2.10 bits per heavy atom. The Kier molecular flexibility index (Phi) is 16.1. The van der Waals surface area contributed by atoms with Gasteiger partial charge in [0, 0.05) is 13.0 Å². The Morgan fingerprint density at radius 1 is 0.941 bits per heavy atom. The number of rotatable bonds is 16. The SMILES string of the molecule is C[CH][C@@H](NC(=O)CNC(=O)C(=O)C(NC(=O)[C@@H]1C[C@@H](OC(C)(C)C)CN1C(=O)[C@@H](NC(=O)OCC(C)C)C(C)(C)C)[C@H](C)CC)c1ccccc1. The molecule has 0 aromatic heterocycles. The second kappa shape index (κ2) is 19.0. The number of ether oxygens (including phenoxy) is 2. The van der Waals surface area contributed by atoms with E-state index in [1.165, 1.54) is 4.90 Å². The highest BCUT2D eigenvalue weighted by molar-refractivity contribution is 6.38. The van der Waals surface area contributed by atoms with Crippen molar-refractivity contribution in [3.05, 3.63) is 42.3 Å². The van der Waals surface area contributed by atoms with Crippen molar-refractivity contribution in [1.29, 1.82) is 0 Å². The van der Waals surface area contributed by atoms with Gasteiger partial charge in [-0.1, -0.05) is 92.1 Å². The van der Waals surface area contributed by atoms with Crippen molar-refractivity contribution in [3.8, 4) is 0 Å². The molecule has 51 heavy (non-hydrogen) atoms. The summed E-state index contributed by atoms with van der Waals surface area (Å²) < 4.78 is 11.5. The van der Waals surface area contributed by atoms with Crippen LogP contribution in [0.1, 0.15) is 101 Å². The Morgan fingerprint density at radius 2 is 1.57 bits per heavy atom. The molecule has 1 radical (unpaired) electrons. The van der Waals surface area contributed by atoms with E-state index >= 15 is 0 Å². The Hall–Kier alpha value is -4.00. The first-order valence-electron chi connectivity index (χ1n) is 17.9. The topological polar surface area (TPSA) is 172 Å². The summed E-state index contributed by atoms with van der Waals surface area (Å²) in [6, 6.07) is 5.58. The number of hydrogen-bond donors (Lipinski definition) is 4. The van der Waals surface area contributed by atoms with Crippen molar-refractivity contribution in [2.24, 2.45) is 17.3 Å². The maximum absolute atomic E-state index is 14.2. The molecule has 4 N–H and O–H groups in total. The van der Waals surface area contributed by atoms with Crippen LogP contribution in [0, 0.1) is 23.7 Å². The van der Waals surface area contributed by atoms with Crippen LogP contribution in [0.15, 0.2) is 30.3 Å². The van der Waals surface area contributed by atoms with Gasteiger partial charge in [-0.05, 0) is 50.0 Å². The molecule has 1 aliphatic heterocycles. The molecular weight excluding hydrogens is 654 g/mol. The van der Waals surface area contributed by atoms with E-state index in [2.05, 4.69) is 21.3 Å². The molecular formula is C38H60N5O8. The van der Waals surface area contributed by atoms with Crippen molar-refractivity contribution < 1.29 is 38.2 Å².